The van der Waals surface area contributed by atoms with Gasteiger partial charge in [0.1, 0.15) is 5.82 Å². The monoisotopic (exact) mass is 419 g/mol. The number of nitrogens with one attached hydrogen (secondary N) is 2. The summed E-state index contributed by atoms with van der Waals surface area (Å²) in [6, 6.07) is 2.44. The van der Waals surface area contributed by atoms with Crippen molar-refractivity contribution in [1.82, 2.24) is 25.0 Å². The molecule has 0 radical (unpaired) electrons. The number of halogens is 1. The predicted octanol–water partition coefficient (Wildman–Crippen LogP) is 0.840. The third-order valence-corrected chi connectivity index (χ3v) is 5.54. The Morgan fingerprint density at radius 3 is 2.31 bits per heavy atom. The number of benzene rings is 1. The molecule has 1 saturated heterocycles. The van der Waals surface area contributed by atoms with Crippen LogP contribution in [0.2, 0.25) is 0 Å². The van der Waals surface area contributed by atoms with Crippen molar-refractivity contribution in [1.29, 1.82) is 0 Å². The second-order valence-electron chi connectivity index (χ2n) is 6.91. The van der Waals surface area contributed by atoms with Crippen molar-refractivity contribution < 1.29 is 18.8 Å². The Morgan fingerprint density at radius 2 is 1.72 bits per heavy atom. The lowest BCUT2D eigenvalue weighted by atomic mass is 10.0. The number of carbonyl (C=O) groups excluding carboxylic acids is 3. The highest BCUT2D eigenvalue weighted by molar-refractivity contribution is 7.80. The number of hydrogen-bond acceptors (Lipinski definition) is 4. The predicted molar refractivity (Wildman–Crippen MR) is 110 cm³/mol. The van der Waals surface area contributed by atoms with Gasteiger partial charge in [0.2, 0.25) is 0 Å². The quantitative estimate of drug-likeness (QED) is 0.436. The van der Waals surface area contributed by atoms with Gasteiger partial charge in [0.15, 0.2) is 5.11 Å². The van der Waals surface area contributed by atoms with E-state index in [0.29, 0.717) is 31.3 Å². The number of H-pyrrole nitrogens is 1. The van der Waals surface area contributed by atoms with Gasteiger partial charge in [0.25, 0.3) is 17.6 Å². The van der Waals surface area contributed by atoms with Gasteiger partial charge in [0, 0.05) is 58.9 Å². The van der Waals surface area contributed by atoms with E-state index in [1.54, 1.807) is 0 Å². The van der Waals surface area contributed by atoms with E-state index in [1.165, 1.54) is 24.2 Å². The van der Waals surface area contributed by atoms with Crippen LogP contribution in [0.4, 0.5) is 4.39 Å². The first-order valence-electron chi connectivity index (χ1n) is 9.07. The summed E-state index contributed by atoms with van der Waals surface area (Å²) in [5, 5.41) is 3.08. The highest BCUT2D eigenvalue weighted by atomic mass is 32.1. The van der Waals surface area contributed by atoms with E-state index in [4.69, 9.17) is 12.2 Å². The number of amides is 2. The minimum absolute atomic E-state index is 0.0585. The molecule has 1 aromatic heterocycles. The Morgan fingerprint density at radius 1 is 1.10 bits per heavy atom. The molecular formula is C19H22FN5O3S. The summed E-state index contributed by atoms with van der Waals surface area (Å²) in [6.45, 7) is 1.71. The average molecular weight is 419 g/mol. The number of fused-ring (bicyclic) bond motifs is 1. The van der Waals surface area contributed by atoms with Crippen LogP contribution in [-0.4, -0.2) is 89.7 Å². The van der Waals surface area contributed by atoms with Crippen LogP contribution in [0.1, 0.15) is 20.7 Å². The summed E-state index contributed by atoms with van der Waals surface area (Å²) in [4.78, 5) is 45.5. The van der Waals surface area contributed by atoms with Crippen molar-refractivity contribution in [3.8, 4) is 0 Å². The van der Waals surface area contributed by atoms with E-state index in [9.17, 15) is 18.8 Å². The van der Waals surface area contributed by atoms with Crippen molar-refractivity contribution in [2.45, 2.75) is 0 Å². The highest BCUT2D eigenvalue weighted by Gasteiger charge is 2.30. The van der Waals surface area contributed by atoms with E-state index in [-0.39, 0.29) is 22.0 Å². The van der Waals surface area contributed by atoms with E-state index in [1.807, 2.05) is 23.9 Å². The molecule has 0 aliphatic carbocycles. The second-order valence-corrected chi connectivity index (χ2v) is 7.28. The minimum atomic E-state index is -0.812. The van der Waals surface area contributed by atoms with Crippen LogP contribution in [0.5, 0.6) is 0 Å². The molecule has 0 saturated carbocycles. The van der Waals surface area contributed by atoms with Crippen LogP contribution >= 0.6 is 12.2 Å². The first-order chi connectivity index (χ1) is 13.8. The molecule has 0 atom stereocenters. The van der Waals surface area contributed by atoms with Gasteiger partial charge in [-0.15, -0.1) is 0 Å². The maximum atomic E-state index is 14.5. The minimum Gasteiger partial charge on any atom is -0.360 e. The van der Waals surface area contributed by atoms with E-state index in [2.05, 4.69) is 10.3 Å². The van der Waals surface area contributed by atoms with Crippen LogP contribution in [0.3, 0.4) is 0 Å². The molecule has 2 aromatic rings. The van der Waals surface area contributed by atoms with Gasteiger partial charge in [-0.1, -0.05) is 0 Å². The molecule has 1 fully saturated rings. The Kier molecular flexibility index (Phi) is 5.83. The summed E-state index contributed by atoms with van der Waals surface area (Å²) in [5.41, 5.74) is 0.294. The molecule has 8 nitrogen and oxygen atoms in total. The van der Waals surface area contributed by atoms with E-state index >= 15 is 0 Å². The van der Waals surface area contributed by atoms with Crippen molar-refractivity contribution in [2.24, 2.45) is 0 Å². The summed E-state index contributed by atoms with van der Waals surface area (Å²) < 4.78 is 14.5. The summed E-state index contributed by atoms with van der Waals surface area (Å²) in [5.74, 6) is -2.61. The Hall–Kier alpha value is -3.01. The lowest BCUT2D eigenvalue weighted by Gasteiger charge is -2.37. The maximum Gasteiger partial charge on any atom is 0.295 e. The smallest absolute Gasteiger partial charge is 0.295 e. The molecule has 2 N–H and O–H groups in total. The van der Waals surface area contributed by atoms with Gasteiger partial charge in [-0.3, -0.25) is 14.4 Å². The third-order valence-electron chi connectivity index (χ3n) is 4.92. The zero-order valence-corrected chi connectivity index (χ0v) is 17.2. The fourth-order valence-corrected chi connectivity index (χ4v) is 3.54. The van der Waals surface area contributed by atoms with Crippen LogP contribution in [0, 0.1) is 5.82 Å². The Bertz CT molecular complexity index is 995. The molecule has 0 spiro atoms. The Labute approximate surface area is 172 Å². The molecule has 2 heterocycles. The number of thiocarbonyl (C=S) groups is 1. The van der Waals surface area contributed by atoms with Crippen LogP contribution < -0.4 is 5.32 Å². The number of Topliss-reactive ketones (excluding diaryl/α,β-unsaturated/α-hetero) is 1. The van der Waals surface area contributed by atoms with Gasteiger partial charge < -0.3 is 25.0 Å². The maximum absolute atomic E-state index is 14.5. The lowest BCUT2D eigenvalue weighted by Crippen LogP contribution is -2.54. The number of aromatic nitrogens is 1. The standard InChI is InChI=1S/C19H22FN5O3S/c1-21-17(27)11-4-5-13(20)14-12(10-22-15(11)14)16(26)18(28)24-6-8-25(9-7-24)19(29)23(2)3/h4-5,10,22H,6-9H2,1-3H3,(H,21,27). The van der Waals surface area contributed by atoms with Crippen molar-refractivity contribution >= 4 is 45.8 Å². The molecule has 1 aromatic carbocycles. The van der Waals surface area contributed by atoms with Gasteiger partial charge >= 0.3 is 0 Å². The molecule has 0 unspecified atom stereocenters. The van der Waals surface area contributed by atoms with Crippen LogP contribution in [0.25, 0.3) is 10.9 Å². The number of carbonyl (C=O) groups is 3. The van der Waals surface area contributed by atoms with E-state index in [0.717, 1.165) is 6.07 Å². The fourth-order valence-electron chi connectivity index (χ4n) is 3.35. The molecule has 1 aliphatic rings. The number of nitrogens with zero attached hydrogens (tertiary/aromatic N) is 3. The van der Waals surface area contributed by atoms with Gasteiger partial charge in [-0.25, -0.2) is 4.39 Å². The summed E-state index contributed by atoms with van der Waals surface area (Å²) in [6.07, 6.45) is 1.28. The number of aromatic amines is 1. The Balaban J connectivity index is 1.82. The number of piperazine rings is 1. The number of hydrogen-bond donors (Lipinski definition) is 2. The fraction of sp³-hybridized carbons (Fsp3) is 0.368. The first kappa shape index (κ1) is 20.7. The first-order valence-corrected chi connectivity index (χ1v) is 9.48. The SMILES string of the molecule is CNC(=O)c1ccc(F)c2c(C(=O)C(=O)N3CCN(C(=S)N(C)C)CC3)c[nH]c12. The van der Waals surface area contributed by atoms with Crippen LogP contribution in [-0.2, 0) is 4.79 Å². The van der Waals surface area contributed by atoms with E-state index < -0.39 is 23.4 Å². The summed E-state index contributed by atoms with van der Waals surface area (Å²) in [7, 11) is 5.15. The average Bonchev–Trinajstić information content (AvgIpc) is 3.18. The second kappa shape index (κ2) is 8.16. The molecule has 154 valence electrons. The normalized spacial score (nSPS) is 14.1. The number of rotatable bonds is 3. The molecule has 2 amide bonds. The molecule has 0 bridgehead atoms. The van der Waals surface area contributed by atoms with Crippen molar-refractivity contribution in [3.05, 3.63) is 35.3 Å². The third kappa shape index (κ3) is 3.80. The summed E-state index contributed by atoms with van der Waals surface area (Å²) >= 11 is 5.33. The molecule has 10 heteroatoms. The highest BCUT2D eigenvalue weighted by Crippen LogP contribution is 2.26. The van der Waals surface area contributed by atoms with Gasteiger partial charge in [-0.2, -0.15) is 0 Å². The van der Waals surface area contributed by atoms with Crippen LogP contribution in [0.15, 0.2) is 18.3 Å². The van der Waals surface area contributed by atoms with Crippen molar-refractivity contribution in [3.63, 3.8) is 0 Å². The van der Waals surface area contributed by atoms with Crippen molar-refractivity contribution in [2.75, 3.05) is 47.3 Å². The van der Waals surface area contributed by atoms with Gasteiger partial charge in [0.05, 0.1) is 16.6 Å². The zero-order chi connectivity index (χ0) is 21.3. The number of ketones is 1. The molecule has 1 aliphatic heterocycles. The topological polar surface area (TPSA) is 88.8 Å². The lowest BCUT2D eigenvalue weighted by molar-refractivity contribution is -0.127. The molecule has 3 rings (SSSR count). The largest absolute Gasteiger partial charge is 0.360 e. The van der Waals surface area contributed by atoms with Gasteiger partial charge in [-0.05, 0) is 24.4 Å². The molecule has 29 heavy (non-hydrogen) atoms. The molecular weight excluding hydrogens is 397 g/mol. The zero-order valence-electron chi connectivity index (χ0n) is 16.4.